The van der Waals surface area contributed by atoms with Crippen molar-refractivity contribution in [2.75, 3.05) is 0 Å². The van der Waals surface area contributed by atoms with Crippen LogP contribution in [0.1, 0.15) is 47.9 Å². The molecule has 2 aliphatic carbocycles. The van der Waals surface area contributed by atoms with E-state index < -0.39 is 11.0 Å². The number of fused-ring (bicyclic) bond motifs is 2. The number of allylic oxidation sites excluding steroid dienone is 1. The second-order valence-corrected chi connectivity index (χ2v) is 11.3. The van der Waals surface area contributed by atoms with Gasteiger partial charge < -0.3 is 15.4 Å². The second kappa shape index (κ2) is 10.5. The molecule has 1 aromatic heterocycles. The molecule has 0 radical (unpaired) electrons. The van der Waals surface area contributed by atoms with E-state index in [0.717, 1.165) is 65.1 Å². The average Bonchev–Trinajstić information content (AvgIpc) is 3.65. The average molecular weight is 552 g/mol. The van der Waals surface area contributed by atoms with Gasteiger partial charge in [0.25, 0.3) is 0 Å². The SMILES string of the molecule is C=C/C=N\C1=C[C@@]2(Cc3cc4cc(CN/C(=N\C5(C=O)CCCC5)c5ccccc5Cl)cnc4cc3C2)C(=O)N1. The lowest BCUT2D eigenvalue weighted by Gasteiger charge is -2.20. The lowest BCUT2D eigenvalue weighted by molar-refractivity contribution is -0.126. The zero-order valence-electron chi connectivity index (χ0n) is 22.1. The predicted octanol–water partition coefficient (Wildman–Crippen LogP) is 5.25. The normalized spacial score (nSPS) is 21.6. The molecular weight excluding hydrogens is 522 g/mol. The summed E-state index contributed by atoms with van der Waals surface area (Å²) in [4.78, 5) is 38.9. The van der Waals surface area contributed by atoms with Crippen molar-refractivity contribution in [3.8, 4) is 0 Å². The van der Waals surface area contributed by atoms with Crippen LogP contribution in [-0.4, -0.2) is 34.8 Å². The minimum Gasteiger partial charge on any atom is -0.366 e. The van der Waals surface area contributed by atoms with Gasteiger partial charge in [-0.2, -0.15) is 0 Å². The number of benzene rings is 2. The van der Waals surface area contributed by atoms with E-state index in [1.165, 1.54) is 0 Å². The fourth-order valence-corrected chi connectivity index (χ4v) is 6.27. The maximum absolute atomic E-state index is 12.9. The van der Waals surface area contributed by atoms with Gasteiger partial charge in [-0.1, -0.05) is 49.2 Å². The summed E-state index contributed by atoms with van der Waals surface area (Å²) < 4.78 is 0. The highest BCUT2D eigenvalue weighted by atomic mass is 35.5. The lowest BCUT2D eigenvalue weighted by atomic mass is 9.85. The molecule has 202 valence electrons. The highest BCUT2D eigenvalue weighted by Crippen LogP contribution is 2.43. The molecule has 7 nitrogen and oxygen atoms in total. The van der Waals surface area contributed by atoms with Crippen molar-refractivity contribution in [2.45, 2.75) is 50.6 Å². The number of amidine groups is 1. The molecule has 2 aromatic carbocycles. The highest BCUT2D eigenvalue weighted by molar-refractivity contribution is 6.34. The van der Waals surface area contributed by atoms with Crippen LogP contribution in [0.2, 0.25) is 5.02 Å². The maximum Gasteiger partial charge on any atom is 0.236 e. The van der Waals surface area contributed by atoms with Gasteiger partial charge in [-0.3, -0.25) is 14.8 Å². The second-order valence-electron chi connectivity index (χ2n) is 10.9. The highest BCUT2D eigenvalue weighted by Gasteiger charge is 2.46. The van der Waals surface area contributed by atoms with Gasteiger partial charge in [0.15, 0.2) is 0 Å². The standard InChI is InChI=1S/C32H30ClN5O2/c1-2-11-34-28-17-31(30(40)37-28)15-23-13-22-12-21(18-35-27(22)14-24(23)16-31)19-36-29(25-7-3-4-8-26(25)33)38-32(20-39)9-5-6-10-32/h2-4,7-8,11-14,17-18,20H,1,5-6,9-10,15-16,19H2,(H,36,38)(H,37,40)/b34-11-/t31-/m0/s1. The molecule has 0 saturated heterocycles. The number of aliphatic imine (C=N–C) groups is 2. The summed E-state index contributed by atoms with van der Waals surface area (Å²) in [5.74, 6) is 1.16. The number of amides is 1. The fourth-order valence-electron chi connectivity index (χ4n) is 6.05. The van der Waals surface area contributed by atoms with E-state index in [4.69, 9.17) is 21.6 Å². The van der Waals surface area contributed by atoms with Crippen molar-refractivity contribution in [1.82, 2.24) is 15.6 Å². The molecule has 3 aliphatic rings. The van der Waals surface area contributed by atoms with E-state index in [-0.39, 0.29) is 5.91 Å². The van der Waals surface area contributed by atoms with Gasteiger partial charge in [0.05, 0.1) is 16.0 Å². The summed E-state index contributed by atoms with van der Waals surface area (Å²) in [6.45, 7) is 4.12. The summed E-state index contributed by atoms with van der Waals surface area (Å²) in [5, 5.41) is 7.94. The third kappa shape index (κ3) is 4.86. The molecule has 1 aliphatic heterocycles. The molecule has 1 saturated carbocycles. The molecule has 1 atom stereocenters. The first-order chi connectivity index (χ1) is 19.4. The number of aromatic nitrogens is 1. The van der Waals surface area contributed by atoms with E-state index >= 15 is 0 Å². The number of aldehydes is 1. The summed E-state index contributed by atoms with van der Waals surface area (Å²) in [5.41, 5.74) is 3.59. The Kier molecular flexibility index (Phi) is 6.84. The van der Waals surface area contributed by atoms with Gasteiger partial charge in [0.2, 0.25) is 5.91 Å². The van der Waals surface area contributed by atoms with Crippen molar-refractivity contribution >= 4 is 46.7 Å². The number of rotatable bonds is 7. The van der Waals surface area contributed by atoms with Crippen LogP contribution >= 0.6 is 11.6 Å². The van der Waals surface area contributed by atoms with Crippen molar-refractivity contribution < 1.29 is 9.59 Å². The Balaban J connectivity index is 1.27. The minimum atomic E-state index is -0.711. The van der Waals surface area contributed by atoms with E-state index in [1.807, 2.05) is 36.5 Å². The molecule has 2 heterocycles. The first kappa shape index (κ1) is 26.1. The maximum atomic E-state index is 12.9. The van der Waals surface area contributed by atoms with Crippen LogP contribution < -0.4 is 10.6 Å². The summed E-state index contributed by atoms with van der Waals surface area (Å²) >= 11 is 6.54. The minimum absolute atomic E-state index is 0.0245. The number of nitrogens with one attached hydrogen (secondary N) is 2. The first-order valence-electron chi connectivity index (χ1n) is 13.6. The van der Waals surface area contributed by atoms with Gasteiger partial charge in [0, 0.05) is 29.9 Å². The molecule has 0 unspecified atom stereocenters. The van der Waals surface area contributed by atoms with Crippen molar-refractivity contribution in [2.24, 2.45) is 15.4 Å². The van der Waals surface area contributed by atoms with E-state index in [2.05, 4.69) is 40.4 Å². The molecule has 6 rings (SSSR count). The molecule has 2 N–H and O–H groups in total. The summed E-state index contributed by atoms with van der Waals surface area (Å²) in [7, 11) is 0. The molecule has 0 bridgehead atoms. The third-order valence-electron chi connectivity index (χ3n) is 8.11. The first-order valence-corrected chi connectivity index (χ1v) is 14.0. The van der Waals surface area contributed by atoms with E-state index in [1.54, 1.807) is 12.3 Å². The smallest absolute Gasteiger partial charge is 0.236 e. The molecule has 1 fully saturated rings. The van der Waals surface area contributed by atoms with Crippen LogP contribution in [0, 0.1) is 5.41 Å². The quantitative estimate of drug-likeness (QED) is 0.238. The molecular formula is C32H30ClN5O2. The van der Waals surface area contributed by atoms with Crippen molar-refractivity contribution in [3.63, 3.8) is 0 Å². The van der Waals surface area contributed by atoms with Gasteiger partial charge >= 0.3 is 0 Å². The Labute approximate surface area is 238 Å². The Bertz CT molecular complexity index is 1620. The Morgan fingerprint density at radius 3 is 2.67 bits per heavy atom. The third-order valence-corrected chi connectivity index (χ3v) is 8.44. The number of hydrogen-bond acceptors (Lipinski definition) is 5. The lowest BCUT2D eigenvalue weighted by Crippen LogP contribution is -2.33. The van der Waals surface area contributed by atoms with Gasteiger partial charge in [-0.05, 0) is 78.8 Å². The van der Waals surface area contributed by atoms with E-state index in [0.29, 0.717) is 36.1 Å². The number of pyridine rings is 1. The Hall–Kier alpha value is -4.10. The van der Waals surface area contributed by atoms with Gasteiger partial charge in [-0.25, -0.2) is 4.99 Å². The molecule has 1 amide bonds. The topological polar surface area (TPSA) is 95.8 Å². The largest absolute Gasteiger partial charge is 0.366 e. The zero-order valence-corrected chi connectivity index (χ0v) is 22.9. The van der Waals surface area contributed by atoms with Crippen LogP contribution in [0.5, 0.6) is 0 Å². The number of carbonyl (C=O) groups excluding carboxylic acids is 2. The van der Waals surface area contributed by atoms with Crippen LogP contribution in [0.25, 0.3) is 10.9 Å². The van der Waals surface area contributed by atoms with Crippen LogP contribution in [0.3, 0.4) is 0 Å². The van der Waals surface area contributed by atoms with Gasteiger partial charge in [-0.15, -0.1) is 0 Å². The van der Waals surface area contributed by atoms with E-state index in [9.17, 15) is 9.59 Å². The van der Waals surface area contributed by atoms with Crippen LogP contribution in [-0.2, 0) is 29.0 Å². The van der Waals surface area contributed by atoms with Crippen molar-refractivity contribution in [1.29, 1.82) is 0 Å². The number of nitrogens with zero attached hydrogens (tertiary/aromatic N) is 3. The van der Waals surface area contributed by atoms with Crippen LogP contribution in [0.15, 0.2) is 83.2 Å². The number of hydrogen-bond donors (Lipinski definition) is 2. The Morgan fingerprint density at radius 2 is 1.93 bits per heavy atom. The number of carbonyl (C=O) groups is 2. The molecule has 8 heteroatoms. The van der Waals surface area contributed by atoms with Gasteiger partial charge in [0.1, 0.15) is 23.5 Å². The molecule has 40 heavy (non-hydrogen) atoms. The fraction of sp³-hybridized carbons (Fsp3) is 0.281. The number of halogens is 1. The zero-order chi connectivity index (χ0) is 27.7. The Morgan fingerprint density at radius 1 is 1.15 bits per heavy atom. The monoisotopic (exact) mass is 551 g/mol. The predicted molar refractivity (Wildman–Crippen MR) is 159 cm³/mol. The molecule has 3 aromatic rings. The molecule has 1 spiro atoms. The van der Waals surface area contributed by atoms with Crippen molar-refractivity contribution in [3.05, 3.63) is 100 Å². The summed E-state index contributed by atoms with van der Waals surface area (Å²) in [6, 6.07) is 13.9. The summed E-state index contributed by atoms with van der Waals surface area (Å²) in [6.07, 6.45) is 12.6. The van der Waals surface area contributed by atoms with Crippen LogP contribution in [0.4, 0.5) is 0 Å².